The van der Waals surface area contributed by atoms with Crippen molar-refractivity contribution in [2.24, 2.45) is 5.10 Å². The lowest BCUT2D eigenvalue weighted by molar-refractivity contribution is -0.384. The Hall–Kier alpha value is -2.02. The average molecular weight is 320 g/mol. The van der Waals surface area contributed by atoms with Crippen molar-refractivity contribution in [2.45, 2.75) is 45.1 Å². The van der Waals surface area contributed by atoms with Gasteiger partial charge < -0.3 is 5.32 Å². The van der Waals surface area contributed by atoms with Crippen LogP contribution in [0.5, 0.6) is 0 Å². The first kappa shape index (κ1) is 16.4. The van der Waals surface area contributed by atoms with Gasteiger partial charge in [-0.3, -0.25) is 15.5 Å². The molecule has 22 heavy (non-hydrogen) atoms. The van der Waals surface area contributed by atoms with Gasteiger partial charge in [0.15, 0.2) is 5.11 Å². The second-order valence-corrected chi connectivity index (χ2v) is 5.83. The molecule has 0 saturated heterocycles. The molecule has 6 nitrogen and oxygen atoms in total. The van der Waals surface area contributed by atoms with Gasteiger partial charge in [0.25, 0.3) is 5.69 Å². The van der Waals surface area contributed by atoms with Crippen LogP contribution >= 0.6 is 12.2 Å². The number of hydrogen-bond donors (Lipinski definition) is 2. The van der Waals surface area contributed by atoms with Crippen molar-refractivity contribution in [1.82, 2.24) is 10.7 Å². The highest BCUT2D eigenvalue weighted by Crippen LogP contribution is 2.17. The predicted octanol–water partition coefficient (Wildman–Crippen LogP) is 3.12. The highest BCUT2D eigenvalue weighted by Gasteiger charge is 2.13. The average Bonchev–Trinajstić information content (AvgIpc) is 2.53. The highest BCUT2D eigenvalue weighted by atomic mass is 32.1. The van der Waals surface area contributed by atoms with E-state index in [1.165, 1.54) is 31.4 Å². The van der Waals surface area contributed by atoms with E-state index < -0.39 is 4.92 Å². The van der Waals surface area contributed by atoms with Gasteiger partial charge in [-0.05, 0) is 32.0 Å². The number of nitrogens with one attached hydrogen (secondary N) is 2. The molecule has 1 aliphatic rings. The third-order valence-electron chi connectivity index (χ3n) is 3.74. The van der Waals surface area contributed by atoms with Gasteiger partial charge in [0.2, 0.25) is 0 Å². The Balaban J connectivity index is 1.92. The quantitative estimate of drug-likeness (QED) is 0.386. The number of rotatable bonds is 4. The largest absolute Gasteiger partial charge is 0.359 e. The van der Waals surface area contributed by atoms with Crippen molar-refractivity contribution in [1.29, 1.82) is 0 Å². The minimum atomic E-state index is -0.417. The van der Waals surface area contributed by atoms with E-state index in [1.807, 2.05) is 0 Å². The van der Waals surface area contributed by atoms with E-state index in [9.17, 15) is 10.1 Å². The van der Waals surface area contributed by atoms with E-state index in [-0.39, 0.29) is 5.69 Å². The molecule has 7 heteroatoms. The number of non-ortho nitro benzene ring substituents is 1. The zero-order valence-corrected chi connectivity index (χ0v) is 13.4. The first-order chi connectivity index (χ1) is 10.6. The van der Waals surface area contributed by atoms with Crippen molar-refractivity contribution in [3.63, 3.8) is 0 Å². The molecule has 0 spiro atoms. The van der Waals surface area contributed by atoms with Crippen molar-refractivity contribution in [2.75, 3.05) is 0 Å². The van der Waals surface area contributed by atoms with Crippen LogP contribution in [0.4, 0.5) is 5.69 Å². The van der Waals surface area contributed by atoms with Gasteiger partial charge >= 0.3 is 0 Å². The Morgan fingerprint density at radius 2 is 2.09 bits per heavy atom. The van der Waals surface area contributed by atoms with E-state index in [1.54, 1.807) is 19.1 Å². The van der Waals surface area contributed by atoms with Gasteiger partial charge in [0.1, 0.15) is 0 Å². The molecule has 1 aromatic rings. The summed E-state index contributed by atoms with van der Waals surface area (Å²) in [5, 5.41) is 18.7. The predicted molar refractivity (Wildman–Crippen MR) is 91.0 cm³/mol. The number of hydrogen-bond acceptors (Lipinski definition) is 4. The number of nitro benzene ring substituents is 1. The van der Waals surface area contributed by atoms with E-state index >= 15 is 0 Å². The van der Waals surface area contributed by atoms with Crippen LogP contribution in [0.3, 0.4) is 0 Å². The van der Waals surface area contributed by atoms with Gasteiger partial charge in [-0.25, -0.2) is 0 Å². The molecule has 0 radical (unpaired) electrons. The summed E-state index contributed by atoms with van der Waals surface area (Å²) in [6.45, 7) is 1.79. The van der Waals surface area contributed by atoms with E-state index in [0.29, 0.717) is 22.4 Å². The fraction of sp³-hybridized carbons (Fsp3) is 0.467. The summed E-state index contributed by atoms with van der Waals surface area (Å²) in [5.41, 5.74) is 4.21. The third-order valence-corrected chi connectivity index (χ3v) is 3.95. The van der Waals surface area contributed by atoms with Crippen LogP contribution in [-0.2, 0) is 0 Å². The second-order valence-electron chi connectivity index (χ2n) is 5.42. The minimum absolute atomic E-state index is 0.0509. The Morgan fingerprint density at radius 3 is 2.77 bits per heavy atom. The summed E-state index contributed by atoms with van der Waals surface area (Å²) >= 11 is 5.23. The molecular weight excluding hydrogens is 300 g/mol. The number of hydrazone groups is 1. The molecule has 0 heterocycles. The second kappa shape index (κ2) is 7.84. The van der Waals surface area contributed by atoms with Crippen LogP contribution < -0.4 is 10.7 Å². The highest BCUT2D eigenvalue weighted by molar-refractivity contribution is 7.80. The molecule has 1 fully saturated rings. The SMILES string of the molecule is C/C(=N\NC(=S)NC1CCCCC1)c1cccc([N+](=O)[O-])c1. The van der Waals surface area contributed by atoms with Crippen LogP contribution in [0.15, 0.2) is 29.4 Å². The summed E-state index contributed by atoms with van der Waals surface area (Å²) < 4.78 is 0. The molecule has 0 amide bonds. The molecule has 2 rings (SSSR count). The molecule has 0 unspecified atom stereocenters. The lowest BCUT2D eigenvalue weighted by Gasteiger charge is -2.23. The lowest BCUT2D eigenvalue weighted by atomic mass is 9.96. The van der Waals surface area contributed by atoms with Crippen LogP contribution in [0.25, 0.3) is 0 Å². The first-order valence-corrected chi connectivity index (χ1v) is 7.82. The standard InChI is InChI=1S/C15H20N4O2S/c1-11(12-6-5-9-14(10-12)19(20)21)17-18-15(22)16-13-7-3-2-4-8-13/h5-6,9-10,13H,2-4,7-8H2,1H3,(H2,16,18,22)/b17-11+. The summed E-state index contributed by atoms with van der Waals surface area (Å²) in [6, 6.07) is 6.80. The van der Waals surface area contributed by atoms with Crippen LogP contribution in [-0.4, -0.2) is 21.8 Å². The minimum Gasteiger partial charge on any atom is -0.359 e. The monoisotopic (exact) mass is 320 g/mol. The summed E-state index contributed by atoms with van der Waals surface area (Å²) in [6.07, 6.45) is 6.03. The Kier molecular flexibility index (Phi) is 5.83. The molecule has 0 atom stereocenters. The van der Waals surface area contributed by atoms with Gasteiger partial charge in [-0.2, -0.15) is 5.10 Å². The zero-order chi connectivity index (χ0) is 15.9. The smallest absolute Gasteiger partial charge is 0.270 e. The van der Waals surface area contributed by atoms with Gasteiger partial charge in [0.05, 0.1) is 10.6 Å². The number of thiocarbonyl (C=S) groups is 1. The molecule has 1 aliphatic carbocycles. The van der Waals surface area contributed by atoms with Crippen LogP contribution in [0, 0.1) is 10.1 Å². The Labute approximate surface area is 135 Å². The summed E-state index contributed by atoms with van der Waals surface area (Å²) in [5.74, 6) is 0. The Bertz CT molecular complexity index is 583. The summed E-state index contributed by atoms with van der Waals surface area (Å²) in [7, 11) is 0. The topological polar surface area (TPSA) is 79.6 Å². The number of nitro groups is 1. The van der Waals surface area contributed by atoms with E-state index in [4.69, 9.17) is 12.2 Å². The maximum atomic E-state index is 10.8. The van der Waals surface area contributed by atoms with E-state index in [2.05, 4.69) is 15.8 Å². The van der Waals surface area contributed by atoms with Crippen molar-refractivity contribution in [3.05, 3.63) is 39.9 Å². The maximum Gasteiger partial charge on any atom is 0.270 e. The van der Waals surface area contributed by atoms with Crippen LogP contribution in [0.2, 0.25) is 0 Å². The number of nitrogens with zero attached hydrogens (tertiary/aromatic N) is 2. The normalized spacial score (nSPS) is 16.1. The summed E-state index contributed by atoms with van der Waals surface area (Å²) in [4.78, 5) is 10.4. The fourth-order valence-electron chi connectivity index (χ4n) is 2.51. The third kappa shape index (κ3) is 4.77. The van der Waals surface area contributed by atoms with Crippen LogP contribution in [0.1, 0.15) is 44.6 Å². The Morgan fingerprint density at radius 1 is 1.36 bits per heavy atom. The molecular formula is C15H20N4O2S. The van der Waals surface area contributed by atoms with E-state index in [0.717, 1.165) is 12.8 Å². The van der Waals surface area contributed by atoms with Gasteiger partial charge in [-0.15, -0.1) is 0 Å². The molecule has 1 saturated carbocycles. The molecule has 118 valence electrons. The van der Waals surface area contributed by atoms with Crippen molar-refractivity contribution >= 4 is 28.7 Å². The number of benzene rings is 1. The lowest BCUT2D eigenvalue weighted by Crippen LogP contribution is -2.41. The maximum absolute atomic E-state index is 10.8. The van der Waals surface area contributed by atoms with Crippen molar-refractivity contribution < 1.29 is 4.92 Å². The fourth-order valence-corrected chi connectivity index (χ4v) is 2.72. The molecule has 2 N–H and O–H groups in total. The van der Waals surface area contributed by atoms with Gasteiger partial charge in [0, 0.05) is 23.7 Å². The molecule has 0 bridgehead atoms. The molecule has 0 aliphatic heterocycles. The molecule has 0 aromatic heterocycles. The molecule has 1 aromatic carbocycles. The zero-order valence-electron chi connectivity index (χ0n) is 12.5. The van der Waals surface area contributed by atoms with Gasteiger partial charge in [-0.1, -0.05) is 31.4 Å². The first-order valence-electron chi connectivity index (χ1n) is 7.42. The van der Waals surface area contributed by atoms with Crippen molar-refractivity contribution in [3.8, 4) is 0 Å².